The molecule has 0 unspecified atom stereocenters. The monoisotopic (exact) mass is 289 g/mol. The van der Waals surface area contributed by atoms with Crippen molar-refractivity contribution in [2.45, 2.75) is 32.2 Å². The molecule has 1 aliphatic rings. The number of aromatic nitrogens is 3. The zero-order chi connectivity index (χ0) is 15.1. The van der Waals surface area contributed by atoms with Crippen LogP contribution < -0.4 is 0 Å². The maximum Gasteiger partial charge on any atom is 0.338 e. The lowest BCUT2D eigenvalue weighted by molar-refractivity contribution is -0.137. The molecule has 7 nitrogen and oxygen atoms in total. The fraction of sp³-hybridized carbons (Fsp3) is 0.429. The number of hydrogen-bond acceptors (Lipinski definition) is 5. The van der Waals surface area contributed by atoms with Gasteiger partial charge in [-0.05, 0) is 25.8 Å². The molecule has 0 aromatic carbocycles. The molecule has 1 saturated carbocycles. The molecule has 0 amide bonds. The van der Waals surface area contributed by atoms with Gasteiger partial charge in [0.25, 0.3) is 0 Å². The van der Waals surface area contributed by atoms with E-state index in [1.165, 1.54) is 11.8 Å². The number of carbonyl (C=O) groups is 2. The third-order valence-electron chi connectivity index (χ3n) is 3.58. The van der Waals surface area contributed by atoms with Crippen LogP contribution in [0.3, 0.4) is 0 Å². The predicted molar refractivity (Wildman–Crippen MR) is 73.2 cm³/mol. The van der Waals surface area contributed by atoms with E-state index >= 15 is 0 Å². The summed E-state index contributed by atoms with van der Waals surface area (Å²) in [5.41, 5.74) is 2.20. The van der Waals surface area contributed by atoms with E-state index in [0.717, 1.165) is 18.5 Å². The van der Waals surface area contributed by atoms with Gasteiger partial charge in [0.2, 0.25) is 0 Å². The number of rotatable bonds is 4. The van der Waals surface area contributed by atoms with Gasteiger partial charge in [-0.15, -0.1) is 0 Å². The summed E-state index contributed by atoms with van der Waals surface area (Å²) >= 11 is 0. The van der Waals surface area contributed by atoms with Gasteiger partial charge in [0.05, 0.1) is 23.8 Å². The summed E-state index contributed by atoms with van der Waals surface area (Å²) in [6, 6.07) is 1.74. The summed E-state index contributed by atoms with van der Waals surface area (Å²) in [7, 11) is 1.32. The molecule has 0 radical (unpaired) electrons. The van der Waals surface area contributed by atoms with Gasteiger partial charge < -0.3 is 9.84 Å². The summed E-state index contributed by atoms with van der Waals surface area (Å²) < 4.78 is 6.15. The molecule has 0 aliphatic heterocycles. The molecule has 0 spiro atoms. The Balaban J connectivity index is 2.26. The second-order valence-corrected chi connectivity index (χ2v) is 5.20. The van der Waals surface area contributed by atoms with Gasteiger partial charge in [0.15, 0.2) is 5.65 Å². The Morgan fingerprint density at radius 3 is 2.76 bits per heavy atom. The molecule has 1 aliphatic carbocycles. The SMILES string of the molecule is COC(=O)c1cc(C2CC2)nc2c1c(C)nn2CC(=O)O. The second-order valence-electron chi connectivity index (χ2n) is 5.20. The largest absolute Gasteiger partial charge is 0.480 e. The number of carbonyl (C=O) groups excluding carboxylic acids is 1. The summed E-state index contributed by atoms with van der Waals surface area (Å²) in [6.45, 7) is 1.44. The summed E-state index contributed by atoms with van der Waals surface area (Å²) in [4.78, 5) is 27.5. The first-order valence-corrected chi connectivity index (χ1v) is 6.69. The minimum absolute atomic E-state index is 0.286. The molecule has 0 saturated heterocycles. The van der Waals surface area contributed by atoms with Crippen molar-refractivity contribution < 1.29 is 19.4 Å². The Bertz CT molecular complexity index is 746. The van der Waals surface area contributed by atoms with Gasteiger partial charge >= 0.3 is 11.9 Å². The summed E-state index contributed by atoms with van der Waals surface area (Å²) in [5.74, 6) is -1.12. The highest BCUT2D eigenvalue weighted by atomic mass is 16.5. The summed E-state index contributed by atoms with van der Waals surface area (Å²) in [6.07, 6.45) is 2.07. The molecular formula is C14H15N3O4. The van der Waals surface area contributed by atoms with Crippen LogP contribution in [0.5, 0.6) is 0 Å². The Kier molecular flexibility index (Phi) is 3.12. The average molecular weight is 289 g/mol. The van der Waals surface area contributed by atoms with Crippen LogP contribution in [0.15, 0.2) is 6.07 Å². The second kappa shape index (κ2) is 4.83. The maximum absolute atomic E-state index is 12.0. The molecule has 3 rings (SSSR count). The van der Waals surface area contributed by atoms with Crippen LogP contribution in [0.4, 0.5) is 0 Å². The Morgan fingerprint density at radius 1 is 1.48 bits per heavy atom. The molecule has 0 bridgehead atoms. The molecule has 110 valence electrons. The topological polar surface area (TPSA) is 94.3 Å². The molecule has 1 N–H and O–H groups in total. The number of carboxylic acid groups (broad SMARTS) is 1. The van der Waals surface area contributed by atoms with Gasteiger partial charge in [-0.1, -0.05) is 0 Å². The highest BCUT2D eigenvalue weighted by Gasteiger charge is 2.29. The van der Waals surface area contributed by atoms with Crippen molar-refractivity contribution >= 4 is 23.0 Å². The molecule has 1 fully saturated rings. The van der Waals surface area contributed by atoms with E-state index in [2.05, 4.69) is 10.1 Å². The van der Waals surface area contributed by atoms with Crippen molar-refractivity contribution in [1.82, 2.24) is 14.8 Å². The lowest BCUT2D eigenvalue weighted by atomic mass is 10.1. The van der Waals surface area contributed by atoms with E-state index in [1.54, 1.807) is 13.0 Å². The Morgan fingerprint density at radius 2 is 2.19 bits per heavy atom. The van der Waals surface area contributed by atoms with E-state index in [-0.39, 0.29) is 6.54 Å². The third kappa shape index (κ3) is 2.35. The van der Waals surface area contributed by atoms with Crippen molar-refractivity contribution in [3.63, 3.8) is 0 Å². The van der Waals surface area contributed by atoms with Gasteiger partial charge in [-0.25, -0.2) is 14.5 Å². The number of aliphatic carboxylic acids is 1. The number of fused-ring (bicyclic) bond motifs is 1. The number of pyridine rings is 1. The number of methoxy groups -OCH3 is 1. The van der Waals surface area contributed by atoms with E-state index < -0.39 is 11.9 Å². The zero-order valence-corrected chi connectivity index (χ0v) is 11.8. The Hall–Kier alpha value is -2.44. The van der Waals surface area contributed by atoms with Crippen molar-refractivity contribution in [2.24, 2.45) is 0 Å². The first-order chi connectivity index (χ1) is 10.0. The smallest absolute Gasteiger partial charge is 0.338 e. The predicted octanol–water partition coefficient (Wildman–Crippen LogP) is 1.49. The highest BCUT2D eigenvalue weighted by molar-refractivity contribution is 6.04. The van der Waals surface area contributed by atoms with Crippen LogP contribution >= 0.6 is 0 Å². The maximum atomic E-state index is 12.0. The lowest BCUT2D eigenvalue weighted by Crippen LogP contribution is -2.11. The third-order valence-corrected chi connectivity index (χ3v) is 3.58. The molecule has 2 aromatic rings. The number of aryl methyl sites for hydroxylation is 1. The fourth-order valence-electron chi connectivity index (χ4n) is 2.47. The molecule has 7 heteroatoms. The van der Waals surface area contributed by atoms with E-state index in [0.29, 0.717) is 28.2 Å². The lowest BCUT2D eigenvalue weighted by Gasteiger charge is -2.06. The first-order valence-electron chi connectivity index (χ1n) is 6.69. The van der Waals surface area contributed by atoms with Crippen molar-refractivity contribution in [1.29, 1.82) is 0 Å². The average Bonchev–Trinajstić information content (AvgIpc) is 3.24. The van der Waals surface area contributed by atoms with Gasteiger partial charge in [-0.2, -0.15) is 5.10 Å². The van der Waals surface area contributed by atoms with Crippen molar-refractivity contribution in [2.75, 3.05) is 7.11 Å². The van der Waals surface area contributed by atoms with Crippen LogP contribution in [-0.4, -0.2) is 38.9 Å². The van der Waals surface area contributed by atoms with E-state index in [9.17, 15) is 9.59 Å². The van der Waals surface area contributed by atoms with Crippen LogP contribution in [-0.2, 0) is 16.1 Å². The quantitative estimate of drug-likeness (QED) is 0.857. The van der Waals surface area contributed by atoms with Crippen LogP contribution in [0.2, 0.25) is 0 Å². The molecule has 21 heavy (non-hydrogen) atoms. The molecule has 2 aromatic heterocycles. The van der Waals surface area contributed by atoms with E-state index in [4.69, 9.17) is 9.84 Å². The normalized spacial score (nSPS) is 14.4. The minimum Gasteiger partial charge on any atom is -0.480 e. The number of ether oxygens (including phenoxy) is 1. The van der Waals surface area contributed by atoms with Crippen molar-refractivity contribution in [3.8, 4) is 0 Å². The standard InChI is InChI=1S/C14H15N3O4/c1-7-12-9(14(20)21-2)5-10(8-3-4-8)15-13(12)17(16-7)6-11(18)19/h5,8H,3-4,6H2,1-2H3,(H,18,19). The van der Waals surface area contributed by atoms with Gasteiger partial charge in [0.1, 0.15) is 6.54 Å². The number of nitrogens with zero attached hydrogens (tertiary/aromatic N) is 3. The van der Waals surface area contributed by atoms with E-state index in [1.807, 2.05) is 0 Å². The number of esters is 1. The minimum atomic E-state index is -1.00. The van der Waals surface area contributed by atoms with Crippen LogP contribution in [0.1, 0.15) is 40.5 Å². The summed E-state index contributed by atoms with van der Waals surface area (Å²) in [5, 5.41) is 13.7. The highest BCUT2D eigenvalue weighted by Crippen LogP contribution is 2.40. The molecule has 2 heterocycles. The van der Waals surface area contributed by atoms with Gasteiger partial charge in [0, 0.05) is 11.6 Å². The fourth-order valence-corrected chi connectivity index (χ4v) is 2.47. The van der Waals surface area contributed by atoms with Crippen LogP contribution in [0.25, 0.3) is 11.0 Å². The van der Waals surface area contributed by atoms with Gasteiger partial charge in [-0.3, -0.25) is 4.79 Å². The van der Waals surface area contributed by atoms with Crippen LogP contribution in [0, 0.1) is 6.92 Å². The molecule has 0 atom stereocenters. The molecular weight excluding hydrogens is 274 g/mol. The number of carboxylic acids is 1. The number of hydrogen-bond donors (Lipinski definition) is 1. The zero-order valence-electron chi connectivity index (χ0n) is 11.8. The van der Waals surface area contributed by atoms with Crippen molar-refractivity contribution in [3.05, 3.63) is 23.0 Å². The first kappa shape index (κ1) is 13.5. The Labute approximate surface area is 120 Å².